The highest BCUT2D eigenvalue weighted by atomic mass is 35.5. The molecular weight excluding hydrogens is 293 g/mol. The van der Waals surface area contributed by atoms with E-state index in [2.05, 4.69) is 0 Å². The van der Waals surface area contributed by atoms with Gasteiger partial charge in [-0.2, -0.15) is 0 Å². The first-order valence-corrected chi connectivity index (χ1v) is 6.30. The second kappa shape index (κ2) is 5.87. The molecule has 0 aliphatic rings. The van der Waals surface area contributed by atoms with Gasteiger partial charge in [-0.25, -0.2) is 8.78 Å². The van der Waals surface area contributed by atoms with Crippen LogP contribution < -0.4 is 0 Å². The average Bonchev–Trinajstić information content (AvgIpc) is 2.37. The monoisotopic (exact) mass is 302 g/mol. The topological polar surface area (TPSA) is 20.2 Å². The fourth-order valence-corrected chi connectivity index (χ4v) is 2.10. The highest BCUT2D eigenvalue weighted by Gasteiger charge is 2.16. The van der Waals surface area contributed by atoms with Gasteiger partial charge in [-0.1, -0.05) is 41.4 Å². The van der Waals surface area contributed by atoms with Crippen LogP contribution in [-0.2, 0) is 6.42 Å². The second-order valence-corrected chi connectivity index (χ2v) is 4.93. The molecule has 5 heteroatoms. The number of aliphatic hydroxyl groups is 1. The van der Waals surface area contributed by atoms with Gasteiger partial charge in [0.25, 0.3) is 0 Å². The van der Waals surface area contributed by atoms with Crippen LogP contribution in [0.3, 0.4) is 0 Å². The Morgan fingerprint density at radius 1 is 1.05 bits per heavy atom. The Hall–Kier alpha value is -1.16. The smallest absolute Gasteiger partial charge is 0.164 e. The molecule has 2 rings (SSSR count). The molecular formula is C14H10Cl2F2O. The Labute approximate surface area is 119 Å². The van der Waals surface area contributed by atoms with Crippen LogP contribution >= 0.6 is 23.2 Å². The lowest BCUT2D eigenvalue weighted by molar-refractivity contribution is 0.172. The predicted molar refractivity (Wildman–Crippen MR) is 71.5 cm³/mol. The molecule has 0 saturated heterocycles. The molecule has 1 N–H and O–H groups in total. The van der Waals surface area contributed by atoms with E-state index >= 15 is 0 Å². The molecule has 0 spiro atoms. The van der Waals surface area contributed by atoms with Crippen molar-refractivity contribution >= 4 is 23.2 Å². The van der Waals surface area contributed by atoms with Gasteiger partial charge in [0.05, 0.1) is 16.1 Å². The van der Waals surface area contributed by atoms with Crippen LogP contribution in [0.1, 0.15) is 17.2 Å². The summed E-state index contributed by atoms with van der Waals surface area (Å²) < 4.78 is 26.6. The van der Waals surface area contributed by atoms with Gasteiger partial charge in [0.2, 0.25) is 0 Å². The Kier molecular flexibility index (Phi) is 4.40. The van der Waals surface area contributed by atoms with E-state index in [1.807, 2.05) is 0 Å². The van der Waals surface area contributed by atoms with Gasteiger partial charge in [0.1, 0.15) is 0 Å². The number of benzene rings is 2. The molecule has 0 aromatic heterocycles. The molecule has 0 radical (unpaired) electrons. The summed E-state index contributed by atoms with van der Waals surface area (Å²) in [7, 11) is 0. The average molecular weight is 303 g/mol. The van der Waals surface area contributed by atoms with Crippen molar-refractivity contribution in [2.45, 2.75) is 12.5 Å². The fourth-order valence-electron chi connectivity index (χ4n) is 1.78. The molecule has 0 aliphatic heterocycles. The molecule has 2 aromatic carbocycles. The van der Waals surface area contributed by atoms with Crippen LogP contribution in [0.4, 0.5) is 8.78 Å². The molecule has 1 atom stereocenters. The van der Waals surface area contributed by atoms with E-state index in [1.165, 1.54) is 12.1 Å². The van der Waals surface area contributed by atoms with Gasteiger partial charge in [-0.15, -0.1) is 0 Å². The largest absolute Gasteiger partial charge is 0.388 e. The summed E-state index contributed by atoms with van der Waals surface area (Å²) in [5.74, 6) is -2.01. The number of hydrogen-bond donors (Lipinski definition) is 1. The molecule has 0 amide bonds. The van der Waals surface area contributed by atoms with Crippen molar-refractivity contribution in [3.05, 3.63) is 69.2 Å². The minimum absolute atomic E-state index is 0.0777. The summed E-state index contributed by atoms with van der Waals surface area (Å²) in [6, 6.07) is 8.56. The number of halogens is 4. The number of aliphatic hydroxyl groups excluding tert-OH is 1. The van der Waals surface area contributed by atoms with Gasteiger partial charge in [-0.05, 0) is 23.8 Å². The Morgan fingerprint density at radius 2 is 1.79 bits per heavy atom. The van der Waals surface area contributed by atoms with E-state index in [1.54, 1.807) is 18.2 Å². The fraction of sp³-hybridized carbons (Fsp3) is 0.143. The van der Waals surface area contributed by atoms with E-state index in [4.69, 9.17) is 23.2 Å². The van der Waals surface area contributed by atoms with E-state index < -0.39 is 17.7 Å². The molecule has 0 bridgehead atoms. The van der Waals surface area contributed by atoms with Crippen LogP contribution in [0.5, 0.6) is 0 Å². The second-order valence-electron chi connectivity index (χ2n) is 4.11. The summed E-state index contributed by atoms with van der Waals surface area (Å²) >= 11 is 11.6. The molecule has 100 valence electrons. The lowest BCUT2D eigenvalue weighted by Crippen LogP contribution is -2.05. The maximum Gasteiger partial charge on any atom is 0.164 e. The molecule has 19 heavy (non-hydrogen) atoms. The zero-order valence-corrected chi connectivity index (χ0v) is 11.2. The van der Waals surface area contributed by atoms with Gasteiger partial charge in [0.15, 0.2) is 11.6 Å². The molecule has 0 heterocycles. The zero-order valence-electron chi connectivity index (χ0n) is 9.71. The summed E-state index contributed by atoms with van der Waals surface area (Å²) in [6.07, 6.45) is -1.02. The van der Waals surface area contributed by atoms with E-state index in [-0.39, 0.29) is 12.0 Å². The van der Waals surface area contributed by atoms with Gasteiger partial charge >= 0.3 is 0 Å². The quantitative estimate of drug-likeness (QED) is 0.882. The van der Waals surface area contributed by atoms with Crippen molar-refractivity contribution in [1.82, 2.24) is 0 Å². The van der Waals surface area contributed by atoms with Crippen molar-refractivity contribution in [3.8, 4) is 0 Å². The molecule has 0 aliphatic carbocycles. The number of hydrogen-bond acceptors (Lipinski definition) is 1. The summed E-state index contributed by atoms with van der Waals surface area (Å²) in [6.45, 7) is 0. The minimum atomic E-state index is -1.15. The normalized spacial score (nSPS) is 12.5. The third kappa shape index (κ3) is 3.24. The maximum absolute atomic E-state index is 13.5. The summed E-state index contributed by atoms with van der Waals surface area (Å²) in [4.78, 5) is 0. The van der Waals surface area contributed by atoms with E-state index in [0.29, 0.717) is 15.6 Å². The van der Waals surface area contributed by atoms with Crippen molar-refractivity contribution in [3.63, 3.8) is 0 Å². The Bertz CT molecular complexity index is 602. The van der Waals surface area contributed by atoms with Gasteiger partial charge in [-0.3, -0.25) is 0 Å². The standard InChI is InChI=1S/C14H10Cl2F2O/c15-10-5-4-8(6-11(10)16)7-13(19)9-2-1-3-12(17)14(9)18/h1-6,13,19H,7H2. The lowest BCUT2D eigenvalue weighted by Gasteiger charge is -2.12. The van der Waals surface area contributed by atoms with Crippen LogP contribution in [0.15, 0.2) is 36.4 Å². The van der Waals surface area contributed by atoms with Crippen molar-refractivity contribution in [2.24, 2.45) is 0 Å². The minimum Gasteiger partial charge on any atom is -0.388 e. The van der Waals surface area contributed by atoms with Crippen LogP contribution in [0, 0.1) is 11.6 Å². The Morgan fingerprint density at radius 3 is 2.47 bits per heavy atom. The van der Waals surface area contributed by atoms with Crippen molar-refractivity contribution in [2.75, 3.05) is 0 Å². The molecule has 1 nitrogen and oxygen atoms in total. The molecule has 1 unspecified atom stereocenters. The third-order valence-corrected chi connectivity index (χ3v) is 3.49. The lowest BCUT2D eigenvalue weighted by atomic mass is 10.0. The first-order valence-electron chi connectivity index (χ1n) is 5.55. The van der Waals surface area contributed by atoms with Gasteiger partial charge < -0.3 is 5.11 Å². The SMILES string of the molecule is OC(Cc1ccc(Cl)c(Cl)c1)c1cccc(F)c1F. The van der Waals surface area contributed by atoms with Crippen LogP contribution in [-0.4, -0.2) is 5.11 Å². The third-order valence-electron chi connectivity index (χ3n) is 2.75. The first kappa shape index (κ1) is 14.3. The highest BCUT2D eigenvalue weighted by Crippen LogP contribution is 2.27. The highest BCUT2D eigenvalue weighted by molar-refractivity contribution is 6.42. The van der Waals surface area contributed by atoms with Crippen molar-refractivity contribution < 1.29 is 13.9 Å². The first-order chi connectivity index (χ1) is 8.99. The van der Waals surface area contributed by atoms with E-state index in [9.17, 15) is 13.9 Å². The van der Waals surface area contributed by atoms with Crippen LogP contribution in [0.25, 0.3) is 0 Å². The molecule has 0 fully saturated rings. The summed E-state index contributed by atoms with van der Waals surface area (Å²) in [5, 5.41) is 10.7. The van der Waals surface area contributed by atoms with Gasteiger partial charge in [0, 0.05) is 12.0 Å². The predicted octanol–water partition coefficient (Wildman–Crippen LogP) is 4.55. The maximum atomic E-state index is 13.5. The molecule has 0 saturated carbocycles. The summed E-state index contributed by atoms with van der Waals surface area (Å²) in [5.41, 5.74) is 0.608. The molecule has 2 aromatic rings. The van der Waals surface area contributed by atoms with Crippen LogP contribution in [0.2, 0.25) is 10.0 Å². The van der Waals surface area contributed by atoms with E-state index in [0.717, 1.165) is 6.07 Å². The number of rotatable bonds is 3. The zero-order chi connectivity index (χ0) is 14.0. The Balaban J connectivity index is 2.23. The van der Waals surface area contributed by atoms with Crippen molar-refractivity contribution in [1.29, 1.82) is 0 Å².